The average molecular weight is 259 g/mol. The monoisotopic (exact) mass is 259 g/mol. The van der Waals surface area contributed by atoms with Crippen LogP contribution in [-0.4, -0.2) is 29.7 Å². The van der Waals surface area contributed by atoms with Crippen molar-refractivity contribution < 1.29 is 9.53 Å². The van der Waals surface area contributed by atoms with Crippen LogP contribution in [0.2, 0.25) is 0 Å². The Morgan fingerprint density at radius 1 is 1.42 bits per heavy atom. The molecule has 1 saturated heterocycles. The van der Waals surface area contributed by atoms with E-state index in [0.717, 1.165) is 18.7 Å². The Labute approximate surface area is 114 Å². The summed E-state index contributed by atoms with van der Waals surface area (Å²) in [5, 5.41) is 0. The van der Waals surface area contributed by atoms with Crippen LogP contribution in [0.15, 0.2) is 30.8 Å². The Kier molecular flexibility index (Phi) is 3.65. The number of likely N-dealkylation sites (tertiary alicyclic amines) is 1. The van der Waals surface area contributed by atoms with E-state index in [9.17, 15) is 4.79 Å². The first kappa shape index (κ1) is 13.7. The van der Waals surface area contributed by atoms with Crippen molar-refractivity contribution in [3.05, 3.63) is 42.0 Å². The highest BCUT2D eigenvalue weighted by Crippen LogP contribution is 2.29. The van der Waals surface area contributed by atoms with E-state index in [1.54, 1.807) is 4.90 Å². The lowest BCUT2D eigenvalue weighted by Crippen LogP contribution is -2.50. The third kappa shape index (κ3) is 3.37. The highest BCUT2D eigenvalue weighted by atomic mass is 16.6. The van der Waals surface area contributed by atoms with Crippen molar-refractivity contribution in [2.75, 3.05) is 13.1 Å². The Balaban J connectivity index is 1.92. The number of amides is 1. The van der Waals surface area contributed by atoms with Crippen LogP contribution in [-0.2, 0) is 4.74 Å². The summed E-state index contributed by atoms with van der Waals surface area (Å²) in [5.74, 6) is 0.410. The van der Waals surface area contributed by atoms with E-state index in [2.05, 4.69) is 18.7 Å². The van der Waals surface area contributed by atoms with Gasteiger partial charge in [0.1, 0.15) is 5.60 Å². The van der Waals surface area contributed by atoms with Gasteiger partial charge in [0.15, 0.2) is 0 Å². The van der Waals surface area contributed by atoms with Gasteiger partial charge in [0.2, 0.25) is 0 Å². The molecular weight excluding hydrogens is 238 g/mol. The van der Waals surface area contributed by atoms with Gasteiger partial charge in [-0.1, -0.05) is 36.9 Å². The third-order valence-corrected chi connectivity index (χ3v) is 3.15. The predicted octanol–water partition coefficient (Wildman–Crippen LogP) is 3.66. The summed E-state index contributed by atoms with van der Waals surface area (Å²) in [4.78, 5) is 13.6. The lowest BCUT2D eigenvalue weighted by atomic mass is 9.91. The van der Waals surface area contributed by atoms with Crippen LogP contribution in [0.25, 0.3) is 6.08 Å². The number of nitrogens with zero attached hydrogens (tertiary/aromatic N) is 1. The van der Waals surface area contributed by atoms with Gasteiger partial charge in [-0.05, 0) is 31.9 Å². The molecule has 19 heavy (non-hydrogen) atoms. The van der Waals surface area contributed by atoms with Gasteiger partial charge in [-0.3, -0.25) is 0 Å². The van der Waals surface area contributed by atoms with Gasteiger partial charge < -0.3 is 9.64 Å². The van der Waals surface area contributed by atoms with Crippen molar-refractivity contribution in [2.24, 2.45) is 0 Å². The van der Waals surface area contributed by atoms with Crippen LogP contribution in [0, 0.1) is 0 Å². The molecule has 0 bridgehead atoms. The van der Waals surface area contributed by atoms with Gasteiger partial charge in [0.25, 0.3) is 0 Å². The van der Waals surface area contributed by atoms with E-state index in [0.29, 0.717) is 5.92 Å². The highest BCUT2D eigenvalue weighted by molar-refractivity contribution is 5.69. The summed E-state index contributed by atoms with van der Waals surface area (Å²) in [6, 6.07) is 8.29. The maximum absolute atomic E-state index is 11.8. The highest BCUT2D eigenvalue weighted by Gasteiger charge is 2.34. The van der Waals surface area contributed by atoms with Crippen LogP contribution >= 0.6 is 0 Å². The summed E-state index contributed by atoms with van der Waals surface area (Å²) in [5.41, 5.74) is 1.95. The fourth-order valence-corrected chi connectivity index (χ4v) is 2.10. The zero-order chi connectivity index (χ0) is 14.0. The minimum atomic E-state index is -0.426. The largest absolute Gasteiger partial charge is 0.444 e. The van der Waals surface area contributed by atoms with Gasteiger partial charge in [-0.25, -0.2) is 4.79 Å². The fraction of sp³-hybridized carbons (Fsp3) is 0.438. The van der Waals surface area contributed by atoms with Gasteiger partial charge in [0.05, 0.1) is 0 Å². The molecule has 2 rings (SSSR count). The zero-order valence-corrected chi connectivity index (χ0v) is 11.8. The summed E-state index contributed by atoms with van der Waals surface area (Å²) in [6.45, 7) is 10.9. The fourth-order valence-electron chi connectivity index (χ4n) is 2.10. The van der Waals surface area contributed by atoms with E-state index in [-0.39, 0.29) is 6.09 Å². The Hall–Kier alpha value is -1.77. The Morgan fingerprint density at radius 2 is 2.11 bits per heavy atom. The molecule has 1 aromatic rings. The molecule has 1 aliphatic heterocycles. The normalized spacial score (nSPS) is 15.8. The molecule has 0 aromatic heterocycles. The number of hydrogen-bond acceptors (Lipinski definition) is 2. The molecule has 1 fully saturated rings. The minimum Gasteiger partial charge on any atom is -0.444 e. The van der Waals surface area contributed by atoms with Crippen molar-refractivity contribution in [1.82, 2.24) is 4.90 Å². The summed E-state index contributed by atoms with van der Waals surface area (Å²) in [6.07, 6.45) is 1.62. The number of rotatable bonds is 2. The lowest BCUT2D eigenvalue weighted by molar-refractivity contribution is 0.00820. The SMILES string of the molecule is C=Cc1cccc(C2CN(C(=O)OC(C)(C)C)C2)c1. The van der Waals surface area contributed by atoms with Crippen LogP contribution in [0.5, 0.6) is 0 Å². The summed E-state index contributed by atoms with van der Waals surface area (Å²) < 4.78 is 5.34. The first-order valence-corrected chi connectivity index (χ1v) is 6.59. The molecule has 1 aliphatic rings. The predicted molar refractivity (Wildman–Crippen MR) is 77.1 cm³/mol. The van der Waals surface area contributed by atoms with Crippen LogP contribution in [0.1, 0.15) is 37.8 Å². The third-order valence-electron chi connectivity index (χ3n) is 3.15. The minimum absolute atomic E-state index is 0.219. The van der Waals surface area contributed by atoms with E-state index < -0.39 is 5.60 Å². The number of carbonyl (C=O) groups is 1. The number of benzene rings is 1. The van der Waals surface area contributed by atoms with Crippen molar-refractivity contribution in [3.63, 3.8) is 0 Å². The average Bonchev–Trinajstić information content (AvgIpc) is 2.25. The van der Waals surface area contributed by atoms with E-state index in [4.69, 9.17) is 4.74 Å². The molecule has 1 aromatic carbocycles. The second-order valence-electron chi connectivity index (χ2n) is 5.96. The lowest BCUT2D eigenvalue weighted by Gasteiger charge is -2.40. The van der Waals surface area contributed by atoms with Crippen molar-refractivity contribution in [1.29, 1.82) is 0 Å². The zero-order valence-electron chi connectivity index (χ0n) is 11.8. The molecule has 0 saturated carbocycles. The quantitative estimate of drug-likeness (QED) is 0.811. The smallest absolute Gasteiger partial charge is 0.410 e. The number of ether oxygens (including phenoxy) is 1. The molecule has 102 valence electrons. The van der Waals surface area contributed by atoms with Crippen molar-refractivity contribution >= 4 is 12.2 Å². The second kappa shape index (κ2) is 5.08. The molecule has 3 nitrogen and oxygen atoms in total. The Bertz CT molecular complexity index is 482. The molecule has 1 heterocycles. The first-order valence-electron chi connectivity index (χ1n) is 6.59. The van der Waals surface area contributed by atoms with Crippen LogP contribution in [0.3, 0.4) is 0 Å². The van der Waals surface area contributed by atoms with E-state index in [1.165, 1.54) is 5.56 Å². The maximum Gasteiger partial charge on any atom is 0.410 e. The van der Waals surface area contributed by atoms with E-state index >= 15 is 0 Å². The summed E-state index contributed by atoms with van der Waals surface area (Å²) >= 11 is 0. The van der Waals surface area contributed by atoms with Gasteiger partial charge in [0, 0.05) is 19.0 Å². The molecule has 0 aliphatic carbocycles. The molecule has 0 N–H and O–H groups in total. The molecular formula is C16H21NO2. The van der Waals surface area contributed by atoms with Crippen molar-refractivity contribution in [3.8, 4) is 0 Å². The Morgan fingerprint density at radius 3 is 2.68 bits per heavy atom. The molecule has 0 spiro atoms. The summed E-state index contributed by atoms with van der Waals surface area (Å²) in [7, 11) is 0. The molecule has 1 amide bonds. The first-order chi connectivity index (χ1) is 8.89. The van der Waals surface area contributed by atoms with E-state index in [1.807, 2.05) is 39.0 Å². The van der Waals surface area contributed by atoms with Crippen LogP contribution < -0.4 is 0 Å². The second-order valence-corrected chi connectivity index (χ2v) is 5.96. The number of hydrogen-bond donors (Lipinski definition) is 0. The molecule has 0 unspecified atom stereocenters. The van der Waals surface area contributed by atoms with Crippen LogP contribution in [0.4, 0.5) is 4.79 Å². The van der Waals surface area contributed by atoms with Crippen molar-refractivity contribution in [2.45, 2.75) is 32.3 Å². The molecule has 0 atom stereocenters. The van der Waals surface area contributed by atoms with Gasteiger partial charge >= 0.3 is 6.09 Å². The van der Waals surface area contributed by atoms with Gasteiger partial charge in [-0.15, -0.1) is 0 Å². The molecule has 3 heteroatoms. The standard InChI is InChI=1S/C16H21NO2/c1-5-12-7-6-8-13(9-12)14-10-17(11-14)15(18)19-16(2,3)4/h5-9,14H,1,10-11H2,2-4H3. The number of carbonyl (C=O) groups excluding carboxylic acids is 1. The molecule has 0 radical (unpaired) electrons. The van der Waals surface area contributed by atoms with Gasteiger partial charge in [-0.2, -0.15) is 0 Å². The topological polar surface area (TPSA) is 29.5 Å². The maximum atomic E-state index is 11.8.